The fourth-order valence-electron chi connectivity index (χ4n) is 1.37. The summed E-state index contributed by atoms with van der Waals surface area (Å²) >= 11 is 0. The average Bonchev–Trinajstić information content (AvgIpc) is 2.21. The highest BCUT2D eigenvalue weighted by atomic mass is 19.1. The highest BCUT2D eigenvalue weighted by molar-refractivity contribution is 5.30. The van der Waals surface area contributed by atoms with E-state index in [0.29, 0.717) is 11.1 Å². The van der Waals surface area contributed by atoms with Crippen LogP contribution in [0.1, 0.15) is 31.9 Å². The summed E-state index contributed by atoms with van der Waals surface area (Å²) in [5.74, 6) is -0.369. The first-order valence-corrected chi connectivity index (χ1v) is 5.12. The van der Waals surface area contributed by atoms with E-state index in [1.807, 2.05) is 6.07 Å². The fourth-order valence-corrected chi connectivity index (χ4v) is 1.37. The normalized spacial score (nSPS) is 15.3. The minimum atomic E-state index is -1.38. The van der Waals surface area contributed by atoms with Gasteiger partial charge in [-0.3, -0.25) is 0 Å². The molecule has 0 aliphatic rings. The second kappa shape index (κ2) is 3.88. The quantitative estimate of drug-likeness (QED) is 0.834. The summed E-state index contributed by atoms with van der Waals surface area (Å²) in [4.78, 5) is 0. The van der Waals surface area contributed by atoms with Gasteiger partial charge < -0.3 is 5.11 Å². The van der Waals surface area contributed by atoms with Crippen molar-refractivity contribution in [2.24, 2.45) is 5.41 Å². The van der Waals surface area contributed by atoms with Crippen molar-refractivity contribution >= 4 is 0 Å². The van der Waals surface area contributed by atoms with Crippen LogP contribution in [0.5, 0.6) is 0 Å². The first-order chi connectivity index (χ1) is 7.22. The molecule has 16 heavy (non-hydrogen) atoms. The molecule has 0 bridgehead atoms. The summed E-state index contributed by atoms with van der Waals surface area (Å²) < 4.78 is 13.4. The van der Waals surface area contributed by atoms with Crippen LogP contribution in [-0.2, 0) is 5.60 Å². The van der Waals surface area contributed by atoms with Gasteiger partial charge in [0.05, 0.1) is 11.5 Å². The molecule has 0 saturated heterocycles. The minimum absolute atomic E-state index is 0.369. The number of nitrogens with zero attached hydrogens (tertiary/aromatic N) is 1. The molecular weight excluding hydrogens is 205 g/mol. The van der Waals surface area contributed by atoms with Crippen LogP contribution in [0.15, 0.2) is 18.2 Å². The van der Waals surface area contributed by atoms with Crippen LogP contribution >= 0.6 is 0 Å². The van der Waals surface area contributed by atoms with Crippen LogP contribution in [0, 0.1) is 29.5 Å². The zero-order valence-electron chi connectivity index (χ0n) is 10.0. The van der Waals surface area contributed by atoms with Gasteiger partial charge in [-0.05, 0) is 44.9 Å². The van der Waals surface area contributed by atoms with Gasteiger partial charge in [0.25, 0.3) is 0 Å². The van der Waals surface area contributed by atoms with Crippen LogP contribution in [0.2, 0.25) is 0 Å². The zero-order chi connectivity index (χ0) is 12.6. The summed E-state index contributed by atoms with van der Waals surface area (Å²) in [6.07, 6.45) is 0. The molecule has 0 radical (unpaired) electrons. The third-order valence-corrected chi connectivity index (χ3v) is 3.23. The largest absolute Gasteiger partial charge is 0.384 e. The van der Waals surface area contributed by atoms with Gasteiger partial charge >= 0.3 is 0 Å². The first-order valence-electron chi connectivity index (χ1n) is 5.12. The molecule has 1 aromatic rings. The number of aliphatic hydroxyl groups is 1. The van der Waals surface area contributed by atoms with E-state index >= 15 is 0 Å². The van der Waals surface area contributed by atoms with Crippen molar-refractivity contribution in [1.29, 1.82) is 5.26 Å². The molecule has 0 heterocycles. The van der Waals surface area contributed by atoms with Crippen LogP contribution < -0.4 is 0 Å². The monoisotopic (exact) mass is 221 g/mol. The minimum Gasteiger partial charge on any atom is -0.384 e. The van der Waals surface area contributed by atoms with Gasteiger partial charge in [0.15, 0.2) is 0 Å². The van der Waals surface area contributed by atoms with E-state index in [0.717, 1.165) is 0 Å². The second-order valence-electron chi connectivity index (χ2n) is 4.77. The molecule has 0 amide bonds. The van der Waals surface area contributed by atoms with E-state index in [2.05, 4.69) is 0 Å². The van der Waals surface area contributed by atoms with Gasteiger partial charge in [0.2, 0.25) is 0 Å². The Labute approximate surface area is 95.3 Å². The van der Waals surface area contributed by atoms with Gasteiger partial charge in [-0.15, -0.1) is 0 Å². The van der Waals surface area contributed by atoms with E-state index < -0.39 is 11.0 Å². The molecule has 1 aromatic carbocycles. The molecule has 1 N–H and O–H groups in total. The molecular formula is C13H16FNO. The first kappa shape index (κ1) is 12.7. The number of aryl methyl sites for hydroxylation is 1. The number of hydrogen-bond acceptors (Lipinski definition) is 2. The molecule has 0 aliphatic heterocycles. The summed E-state index contributed by atoms with van der Waals surface area (Å²) in [7, 11) is 0. The Hall–Kier alpha value is -1.40. The molecule has 0 spiro atoms. The Bertz CT molecular complexity index is 444. The maximum atomic E-state index is 13.4. The predicted molar refractivity (Wildman–Crippen MR) is 60.1 cm³/mol. The van der Waals surface area contributed by atoms with E-state index in [4.69, 9.17) is 5.26 Å². The molecule has 0 aromatic heterocycles. The number of halogens is 1. The van der Waals surface area contributed by atoms with Crippen molar-refractivity contribution in [3.05, 3.63) is 35.1 Å². The lowest BCUT2D eigenvalue weighted by molar-refractivity contribution is -0.0269. The smallest absolute Gasteiger partial charge is 0.126 e. The maximum absolute atomic E-state index is 13.4. The third kappa shape index (κ3) is 1.94. The SMILES string of the molecule is Cc1ccc(C(C)(O)C(C)(C)C#N)cc1F. The second-order valence-corrected chi connectivity index (χ2v) is 4.77. The molecule has 0 fully saturated rings. The van der Waals surface area contributed by atoms with Gasteiger partial charge in [-0.2, -0.15) is 5.26 Å². The van der Waals surface area contributed by atoms with Gasteiger partial charge in [-0.1, -0.05) is 12.1 Å². The third-order valence-electron chi connectivity index (χ3n) is 3.23. The van der Waals surface area contributed by atoms with Crippen molar-refractivity contribution in [2.45, 2.75) is 33.3 Å². The summed E-state index contributed by atoms with van der Waals surface area (Å²) in [6, 6.07) is 6.58. The van der Waals surface area contributed by atoms with E-state index in [1.54, 1.807) is 32.9 Å². The standard InChI is InChI=1S/C13H16FNO/c1-9-5-6-10(7-11(9)14)13(4,16)12(2,3)8-15/h5-7,16H,1-4H3. The van der Waals surface area contributed by atoms with Crippen LogP contribution in [0.3, 0.4) is 0 Å². The molecule has 2 nitrogen and oxygen atoms in total. The Morgan fingerprint density at radius 2 is 1.88 bits per heavy atom. The Morgan fingerprint density at radius 1 is 1.31 bits per heavy atom. The molecule has 0 aliphatic carbocycles. The van der Waals surface area contributed by atoms with E-state index in [-0.39, 0.29) is 5.82 Å². The van der Waals surface area contributed by atoms with Crippen molar-refractivity contribution in [3.8, 4) is 6.07 Å². The van der Waals surface area contributed by atoms with Crippen molar-refractivity contribution in [2.75, 3.05) is 0 Å². The summed E-state index contributed by atoms with van der Waals surface area (Å²) in [6.45, 7) is 6.44. The summed E-state index contributed by atoms with van der Waals surface area (Å²) in [5, 5.41) is 19.4. The molecule has 1 unspecified atom stereocenters. The topological polar surface area (TPSA) is 44.0 Å². The lowest BCUT2D eigenvalue weighted by Crippen LogP contribution is -2.38. The average molecular weight is 221 g/mol. The van der Waals surface area contributed by atoms with E-state index in [9.17, 15) is 9.50 Å². The predicted octanol–water partition coefficient (Wildman–Crippen LogP) is 2.89. The lowest BCUT2D eigenvalue weighted by atomic mass is 9.73. The van der Waals surface area contributed by atoms with Crippen LogP contribution in [0.4, 0.5) is 4.39 Å². The maximum Gasteiger partial charge on any atom is 0.126 e. The molecule has 1 rings (SSSR count). The number of nitriles is 1. The van der Waals surface area contributed by atoms with E-state index in [1.165, 1.54) is 13.0 Å². The van der Waals surface area contributed by atoms with Crippen molar-refractivity contribution in [3.63, 3.8) is 0 Å². The van der Waals surface area contributed by atoms with Gasteiger partial charge in [-0.25, -0.2) is 4.39 Å². The van der Waals surface area contributed by atoms with Crippen molar-refractivity contribution < 1.29 is 9.50 Å². The highest BCUT2D eigenvalue weighted by Gasteiger charge is 2.41. The Balaban J connectivity index is 3.29. The number of rotatable bonds is 2. The molecule has 1 atom stereocenters. The van der Waals surface area contributed by atoms with Crippen LogP contribution in [0.25, 0.3) is 0 Å². The van der Waals surface area contributed by atoms with Crippen molar-refractivity contribution in [1.82, 2.24) is 0 Å². The Kier molecular flexibility index (Phi) is 3.07. The van der Waals surface area contributed by atoms with Gasteiger partial charge in [0, 0.05) is 0 Å². The number of hydrogen-bond donors (Lipinski definition) is 1. The Morgan fingerprint density at radius 3 is 2.31 bits per heavy atom. The van der Waals surface area contributed by atoms with Crippen LogP contribution in [-0.4, -0.2) is 5.11 Å². The molecule has 86 valence electrons. The number of benzene rings is 1. The zero-order valence-corrected chi connectivity index (χ0v) is 10.0. The molecule has 0 saturated carbocycles. The van der Waals surface area contributed by atoms with Gasteiger partial charge in [0.1, 0.15) is 11.4 Å². The fraction of sp³-hybridized carbons (Fsp3) is 0.462. The summed E-state index contributed by atoms with van der Waals surface area (Å²) in [5.41, 5.74) is -1.41. The lowest BCUT2D eigenvalue weighted by Gasteiger charge is -2.35. The molecule has 3 heteroatoms. The highest BCUT2D eigenvalue weighted by Crippen LogP contribution is 2.39.